The van der Waals surface area contributed by atoms with Crippen LogP contribution in [0.3, 0.4) is 0 Å². The van der Waals surface area contributed by atoms with Crippen LogP contribution in [0, 0.1) is 0 Å². The second-order valence-corrected chi connectivity index (χ2v) is 6.30. The Bertz CT molecular complexity index is 666. The molecule has 0 aliphatic rings. The SMILES string of the molecule is COc1ccc(Br)cc1CCNC(=S)Nc1ccccc1Cl. The van der Waals surface area contributed by atoms with Crippen molar-refractivity contribution >= 4 is 50.5 Å². The first-order chi connectivity index (χ1) is 10.6. The van der Waals surface area contributed by atoms with Gasteiger partial charge in [-0.3, -0.25) is 0 Å². The van der Waals surface area contributed by atoms with Crippen molar-refractivity contribution < 1.29 is 4.74 Å². The number of thiocarbonyl (C=S) groups is 1. The lowest BCUT2D eigenvalue weighted by Gasteiger charge is -2.13. The van der Waals surface area contributed by atoms with Gasteiger partial charge in [-0.25, -0.2) is 0 Å². The van der Waals surface area contributed by atoms with Gasteiger partial charge in [0, 0.05) is 11.0 Å². The topological polar surface area (TPSA) is 33.3 Å². The first-order valence-electron chi connectivity index (χ1n) is 6.72. The molecule has 0 heterocycles. The van der Waals surface area contributed by atoms with E-state index in [9.17, 15) is 0 Å². The minimum Gasteiger partial charge on any atom is -0.496 e. The number of hydrogen-bond acceptors (Lipinski definition) is 2. The fraction of sp³-hybridized carbons (Fsp3) is 0.188. The lowest BCUT2D eigenvalue weighted by Crippen LogP contribution is -2.30. The van der Waals surface area contributed by atoms with Crippen molar-refractivity contribution in [3.8, 4) is 5.75 Å². The largest absolute Gasteiger partial charge is 0.496 e. The van der Waals surface area contributed by atoms with E-state index in [1.54, 1.807) is 7.11 Å². The Labute approximate surface area is 149 Å². The van der Waals surface area contributed by atoms with Crippen molar-refractivity contribution in [1.82, 2.24) is 5.32 Å². The van der Waals surface area contributed by atoms with E-state index < -0.39 is 0 Å². The first kappa shape index (κ1) is 17.1. The molecule has 116 valence electrons. The van der Waals surface area contributed by atoms with Crippen molar-refractivity contribution in [3.63, 3.8) is 0 Å². The molecule has 0 saturated heterocycles. The molecule has 22 heavy (non-hydrogen) atoms. The van der Waals surface area contributed by atoms with Gasteiger partial charge in [-0.05, 0) is 54.5 Å². The van der Waals surface area contributed by atoms with Gasteiger partial charge in [0.15, 0.2) is 5.11 Å². The predicted octanol–water partition coefficient (Wildman–Crippen LogP) is 4.64. The maximum atomic E-state index is 6.08. The van der Waals surface area contributed by atoms with Gasteiger partial charge in [-0.15, -0.1) is 0 Å². The third kappa shape index (κ3) is 4.87. The zero-order valence-electron chi connectivity index (χ0n) is 12.0. The Kier molecular flexibility index (Phi) is 6.49. The second kappa shape index (κ2) is 8.36. The lowest BCUT2D eigenvalue weighted by atomic mass is 10.1. The highest BCUT2D eigenvalue weighted by atomic mass is 79.9. The van der Waals surface area contributed by atoms with Gasteiger partial charge in [0.1, 0.15) is 5.75 Å². The summed E-state index contributed by atoms with van der Waals surface area (Å²) in [6, 6.07) is 13.4. The number of rotatable bonds is 5. The monoisotopic (exact) mass is 398 g/mol. The summed E-state index contributed by atoms with van der Waals surface area (Å²) >= 11 is 14.8. The highest BCUT2D eigenvalue weighted by Crippen LogP contribution is 2.23. The number of halogens is 2. The molecule has 0 unspecified atom stereocenters. The molecule has 0 saturated carbocycles. The smallest absolute Gasteiger partial charge is 0.170 e. The Morgan fingerprint density at radius 2 is 2.05 bits per heavy atom. The minimum atomic E-state index is 0.544. The van der Waals surface area contributed by atoms with Gasteiger partial charge >= 0.3 is 0 Å². The molecule has 0 radical (unpaired) electrons. The molecule has 2 aromatic carbocycles. The van der Waals surface area contributed by atoms with Gasteiger partial charge < -0.3 is 15.4 Å². The molecule has 3 nitrogen and oxygen atoms in total. The van der Waals surface area contributed by atoms with E-state index in [-0.39, 0.29) is 0 Å². The summed E-state index contributed by atoms with van der Waals surface area (Å²) in [6.07, 6.45) is 0.799. The molecular formula is C16H16BrClN2OS. The predicted molar refractivity (Wildman–Crippen MR) is 100 cm³/mol. The van der Waals surface area contributed by atoms with Crippen LogP contribution in [0.2, 0.25) is 5.02 Å². The van der Waals surface area contributed by atoms with Crippen molar-refractivity contribution in [2.24, 2.45) is 0 Å². The van der Waals surface area contributed by atoms with E-state index >= 15 is 0 Å². The normalized spacial score (nSPS) is 10.1. The van der Waals surface area contributed by atoms with E-state index in [0.29, 0.717) is 16.7 Å². The van der Waals surface area contributed by atoms with Crippen molar-refractivity contribution in [3.05, 3.63) is 57.5 Å². The molecule has 0 fully saturated rings. The fourth-order valence-electron chi connectivity index (χ4n) is 1.98. The van der Waals surface area contributed by atoms with Gasteiger partial charge in [0.2, 0.25) is 0 Å². The van der Waals surface area contributed by atoms with Crippen LogP contribution in [0.25, 0.3) is 0 Å². The Morgan fingerprint density at radius 3 is 2.77 bits per heavy atom. The number of hydrogen-bond donors (Lipinski definition) is 2. The quantitative estimate of drug-likeness (QED) is 0.718. The highest BCUT2D eigenvalue weighted by Gasteiger charge is 2.05. The summed E-state index contributed by atoms with van der Waals surface area (Å²) in [7, 11) is 1.67. The maximum absolute atomic E-state index is 6.08. The number of nitrogens with one attached hydrogen (secondary N) is 2. The first-order valence-corrected chi connectivity index (χ1v) is 8.30. The van der Waals surface area contributed by atoms with E-state index in [1.165, 1.54) is 0 Å². The standard InChI is InChI=1S/C16H16BrClN2OS/c1-21-15-7-6-12(17)10-11(15)8-9-19-16(22)20-14-5-3-2-4-13(14)18/h2-7,10H,8-9H2,1H3,(H2,19,20,22). The average Bonchev–Trinajstić information content (AvgIpc) is 2.50. The van der Waals surface area contributed by atoms with E-state index in [1.807, 2.05) is 42.5 Å². The zero-order chi connectivity index (χ0) is 15.9. The Balaban J connectivity index is 1.87. The molecule has 0 atom stereocenters. The van der Waals surface area contributed by atoms with Gasteiger partial charge in [0.05, 0.1) is 17.8 Å². The Hall–Kier alpha value is -1.30. The van der Waals surface area contributed by atoms with Gasteiger partial charge in [-0.1, -0.05) is 39.7 Å². The van der Waals surface area contributed by atoms with E-state index in [4.69, 9.17) is 28.6 Å². The van der Waals surface area contributed by atoms with Crippen molar-refractivity contribution in [2.75, 3.05) is 19.0 Å². The number of methoxy groups -OCH3 is 1. The molecule has 0 aliphatic carbocycles. The average molecular weight is 400 g/mol. The Morgan fingerprint density at radius 1 is 1.27 bits per heavy atom. The summed E-state index contributed by atoms with van der Waals surface area (Å²) in [5, 5.41) is 7.44. The summed E-state index contributed by atoms with van der Waals surface area (Å²) in [5.41, 5.74) is 1.91. The fourth-order valence-corrected chi connectivity index (χ4v) is 2.79. The van der Waals surface area contributed by atoms with Gasteiger partial charge in [-0.2, -0.15) is 0 Å². The van der Waals surface area contributed by atoms with Crippen molar-refractivity contribution in [2.45, 2.75) is 6.42 Å². The van der Waals surface area contributed by atoms with E-state index in [2.05, 4.69) is 26.6 Å². The van der Waals surface area contributed by atoms with Crippen molar-refractivity contribution in [1.29, 1.82) is 0 Å². The van der Waals surface area contributed by atoms with Crippen LogP contribution >= 0.6 is 39.7 Å². The summed E-state index contributed by atoms with van der Waals surface area (Å²) in [5.74, 6) is 0.870. The molecule has 6 heteroatoms. The van der Waals surface area contributed by atoms with Crippen LogP contribution < -0.4 is 15.4 Å². The molecule has 2 rings (SSSR count). The summed E-state index contributed by atoms with van der Waals surface area (Å²) in [4.78, 5) is 0. The third-order valence-corrected chi connectivity index (χ3v) is 4.11. The summed E-state index contributed by atoms with van der Waals surface area (Å²) < 4.78 is 6.38. The summed E-state index contributed by atoms with van der Waals surface area (Å²) in [6.45, 7) is 0.698. The number of ether oxygens (including phenoxy) is 1. The lowest BCUT2D eigenvalue weighted by molar-refractivity contribution is 0.409. The van der Waals surface area contributed by atoms with Crippen LogP contribution in [0.5, 0.6) is 5.75 Å². The molecule has 2 aromatic rings. The minimum absolute atomic E-state index is 0.544. The number of benzene rings is 2. The van der Waals surface area contributed by atoms with Crippen LogP contribution in [0.1, 0.15) is 5.56 Å². The second-order valence-electron chi connectivity index (χ2n) is 4.57. The number of para-hydroxylation sites is 1. The van der Waals surface area contributed by atoms with Gasteiger partial charge in [0.25, 0.3) is 0 Å². The zero-order valence-corrected chi connectivity index (χ0v) is 15.2. The van der Waals surface area contributed by atoms with Crippen LogP contribution in [0.4, 0.5) is 5.69 Å². The van der Waals surface area contributed by atoms with Crippen LogP contribution in [-0.4, -0.2) is 18.8 Å². The molecule has 0 spiro atoms. The number of anilines is 1. The molecule has 0 aliphatic heterocycles. The highest BCUT2D eigenvalue weighted by molar-refractivity contribution is 9.10. The molecular weight excluding hydrogens is 384 g/mol. The molecule has 2 N–H and O–H groups in total. The van der Waals surface area contributed by atoms with Crippen LogP contribution in [-0.2, 0) is 6.42 Å². The maximum Gasteiger partial charge on any atom is 0.170 e. The molecule has 0 amide bonds. The van der Waals surface area contributed by atoms with Crippen LogP contribution in [0.15, 0.2) is 46.9 Å². The molecule has 0 bridgehead atoms. The van der Waals surface area contributed by atoms with E-state index in [0.717, 1.165) is 27.9 Å². The molecule has 0 aromatic heterocycles. The third-order valence-electron chi connectivity index (χ3n) is 3.04.